The van der Waals surface area contributed by atoms with Crippen LogP contribution in [0.1, 0.15) is 16.1 Å². The summed E-state index contributed by atoms with van der Waals surface area (Å²) in [5.74, 6) is -0.534. The average molecular weight is 195 g/mol. The van der Waals surface area contributed by atoms with Crippen LogP contribution >= 0.6 is 0 Å². The van der Waals surface area contributed by atoms with Gasteiger partial charge in [-0.1, -0.05) is 5.11 Å². The van der Waals surface area contributed by atoms with Crippen LogP contribution in [0.15, 0.2) is 11.3 Å². The lowest BCUT2D eigenvalue weighted by molar-refractivity contribution is 0.0592. The molecule has 7 heteroatoms. The first-order valence-electron chi connectivity index (χ1n) is 3.80. The number of carbonyl (C=O) groups excluding carboxylic acids is 1. The zero-order valence-electron chi connectivity index (χ0n) is 7.84. The van der Waals surface area contributed by atoms with Gasteiger partial charge in [-0.15, -0.1) is 0 Å². The highest BCUT2D eigenvalue weighted by molar-refractivity contribution is 5.88. The molecule has 7 nitrogen and oxygen atoms in total. The quantitative estimate of drug-likeness (QED) is 0.312. The van der Waals surface area contributed by atoms with Crippen molar-refractivity contribution < 1.29 is 9.53 Å². The summed E-state index contributed by atoms with van der Waals surface area (Å²) in [6, 6.07) is 0. The van der Waals surface area contributed by atoms with E-state index in [0.29, 0.717) is 5.56 Å². The Morgan fingerprint density at radius 3 is 3.14 bits per heavy atom. The highest BCUT2D eigenvalue weighted by Crippen LogP contribution is 2.09. The summed E-state index contributed by atoms with van der Waals surface area (Å²) >= 11 is 0. The van der Waals surface area contributed by atoms with Crippen molar-refractivity contribution in [2.75, 3.05) is 7.11 Å². The fourth-order valence-corrected chi connectivity index (χ4v) is 1.03. The van der Waals surface area contributed by atoms with Crippen LogP contribution in [0.5, 0.6) is 0 Å². The van der Waals surface area contributed by atoms with E-state index in [2.05, 4.69) is 19.9 Å². The maximum absolute atomic E-state index is 11.2. The second kappa shape index (κ2) is 4.29. The molecule has 0 N–H and O–H groups in total. The summed E-state index contributed by atoms with van der Waals surface area (Å²) in [6.45, 7) is 0.0920. The molecular weight excluding hydrogens is 186 g/mol. The lowest BCUT2D eigenvalue weighted by atomic mass is 10.2. The largest absolute Gasteiger partial charge is 0.464 e. The molecule has 1 rings (SSSR count). The van der Waals surface area contributed by atoms with E-state index in [1.807, 2.05) is 0 Å². The fourth-order valence-electron chi connectivity index (χ4n) is 1.03. The predicted octanol–water partition coefficient (Wildman–Crippen LogP) is 1.02. The van der Waals surface area contributed by atoms with Crippen molar-refractivity contribution in [2.45, 2.75) is 6.54 Å². The average Bonchev–Trinajstić information content (AvgIpc) is 2.55. The number of nitrogens with zero attached hydrogens (tertiary/aromatic N) is 5. The Hall–Kier alpha value is -2.01. The predicted molar refractivity (Wildman–Crippen MR) is 47.4 cm³/mol. The smallest absolute Gasteiger partial charge is 0.358 e. The number of aryl methyl sites for hydroxylation is 1. The highest BCUT2D eigenvalue weighted by Gasteiger charge is 2.15. The molecule has 0 bridgehead atoms. The molecule has 0 aliphatic heterocycles. The molecule has 0 aliphatic rings. The van der Waals surface area contributed by atoms with Crippen LogP contribution in [0.2, 0.25) is 0 Å². The molecule has 0 atom stereocenters. The lowest BCUT2D eigenvalue weighted by Crippen LogP contribution is -2.05. The molecule has 0 aliphatic carbocycles. The van der Waals surface area contributed by atoms with Crippen LogP contribution in [0.3, 0.4) is 0 Å². The number of azide groups is 1. The van der Waals surface area contributed by atoms with E-state index < -0.39 is 5.97 Å². The number of hydrogen-bond acceptors (Lipinski definition) is 4. The fraction of sp³-hybridized carbons (Fsp3) is 0.429. The van der Waals surface area contributed by atoms with E-state index in [1.54, 1.807) is 13.2 Å². The molecule has 0 unspecified atom stereocenters. The molecule has 74 valence electrons. The van der Waals surface area contributed by atoms with Gasteiger partial charge in [-0.25, -0.2) is 4.79 Å². The Morgan fingerprint density at radius 2 is 2.57 bits per heavy atom. The van der Waals surface area contributed by atoms with Gasteiger partial charge in [0.15, 0.2) is 5.69 Å². The summed E-state index contributed by atoms with van der Waals surface area (Å²) in [4.78, 5) is 13.8. The zero-order valence-corrected chi connectivity index (χ0v) is 7.84. The summed E-state index contributed by atoms with van der Waals surface area (Å²) in [7, 11) is 2.94. The monoisotopic (exact) mass is 195 g/mol. The number of rotatable bonds is 3. The highest BCUT2D eigenvalue weighted by atomic mass is 16.5. The molecule has 1 aromatic heterocycles. The maximum atomic E-state index is 11.2. The first-order chi connectivity index (χ1) is 6.69. The van der Waals surface area contributed by atoms with Gasteiger partial charge in [0.25, 0.3) is 0 Å². The van der Waals surface area contributed by atoms with Crippen LogP contribution in [0.25, 0.3) is 10.4 Å². The SMILES string of the molecule is COC(=O)c1nn(C)cc1CN=[N+]=[N-]. The third kappa shape index (κ3) is 2.02. The maximum Gasteiger partial charge on any atom is 0.358 e. The molecule has 0 fully saturated rings. The molecule has 1 aromatic rings. The molecule has 1 heterocycles. The van der Waals surface area contributed by atoms with Gasteiger partial charge in [-0.05, 0) is 5.53 Å². The van der Waals surface area contributed by atoms with Gasteiger partial charge in [-0.2, -0.15) is 5.10 Å². The van der Waals surface area contributed by atoms with Crippen LogP contribution < -0.4 is 0 Å². The van der Waals surface area contributed by atoms with Crippen LogP contribution in [-0.4, -0.2) is 22.9 Å². The number of methoxy groups -OCH3 is 1. The molecule has 0 amide bonds. The minimum atomic E-state index is -0.534. The Morgan fingerprint density at radius 1 is 1.86 bits per heavy atom. The standard InChI is InChI=1S/C7H9N5O2/c1-12-4-5(3-9-11-8)6(10-12)7(13)14-2/h4H,3H2,1-2H3. The summed E-state index contributed by atoms with van der Waals surface area (Å²) in [5.41, 5.74) is 8.87. The van der Waals surface area contributed by atoms with Gasteiger partial charge >= 0.3 is 5.97 Å². The number of carbonyl (C=O) groups is 1. The Balaban J connectivity index is 3.01. The van der Waals surface area contributed by atoms with Crippen molar-refractivity contribution in [3.05, 3.63) is 27.9 Å². The van der Waals surface area contributed by atoms with Crippen LogP contribution in [0, 0.1) is 0 Å². The van der Waals surface area contributed by atoms with E-state index in [9.17, 15) is 4.79 Å². The van der Waals surface area contributed by atoms with Crippen molar-refractivity contribution >= 4 is 5.97 Å². The first kappa shape index (κ1) is 10.1. The zero-order chi connectivity index (χ0) is 10.6. The number of esters is 1. The van der Waals surface area contributed by atoms with Gasteiger partial charge in [0.05, 0.1) is 13.7 Å². The van der Waals surface area contributed by atoms with Crippen molar-refractivity contribution in [1.82, 2.24) is 9.78 Å². The summed E-state index contributed by atoms with van der Waals surface area (Å²) < 4.78 is 5.99. The van der Waals surface area contributed by atoms with Gasteiger partial charge in [0, 0.05) is 23.7 Å². The second-order valence-electron chi connectivity index (χ2n) is 2.56. The molecule has 0 radical (unpaired) electrons. The molecule has 0 saturated heterocycles. The molecule has 14 heavy (non-hydrogen) atoms. The van der Waals surface area contributed by atoms with E-state index in [4.69, 9.17) is 5.53 Å². The number of aromatic nitrogens is 2. The number of hydrogen-bond donors (Lipinski definition) is 0. The molecular formula is C7H9N5O2. The minimum Gasteiger partial charge on any atom is -0.464 e. The van der Waals surface area contributed by atoms with Crippen molar-refractivity contribution in [3.8, 4) is 0 Å². The van der Waals surface area contributed by atoms with Gasteiger partial charge in [0.1, 0.15) is 0 Å². The van der Waals surface area contributed by atoms with E-state index >= 15 is 0 Å². The van der Waals surface area contributed by atoms with Gasteiger partial charge in [0.2, 0.25) is 0 Å². The van der Waals surface area contributed by atoms with Gasteiger partial charge in [-0.3, -0.25) is 4.68 Å². The van der Waals surface area contributed by atoms with Crippen LogP contribution in [-0.2, 0) is 18.3 Å². The number of ether oxygens (including phenoxy) is 1. The van der Waals surface area contributed by atoms with Crippen molar-refractivity contribution in [1.29, 1.82) is 0 Å². The Kier molecular flexibility index (Phi) is 3.09. The summed E-state index contributed by atoms with van der Waals surface area (Å²) in [6.07, 6.45) is 1.61. The lowest BCUT2D eigenvalue weighted by Gasteiger charge is -1.95. The van der Waals surface area contributed by atoms with E-state index in [-0.39, 0.29) is 12.2 Å². The Labute approximate surface area is 79.9 Å². The van der Waals surface area contributed by atoms with Crippen molar-refractivity contribution in [2.24, 2.45) is 12.2 Å². The van der Waals surface area contributed by atoms with Gasteiger partial charge < -0.3 is 4.74 Å². The Bertz CT molecular complexity index is 391. The van der Waals surface area contributed by atoms with E-state index in [0.717, 1.165) is 0 Å². The normalized spacial score (nSPS) is 9.29. The van der Waals surface area contributed by atoms with Crippen LogP contribution in [0.4, 0.5) is 0 Å². The third-order valence-electron chi connectivity index (χ3n) is 1.59. The molecule has 0 aromatic carbocycles. The molecule has 0 spiro atoms. The van der Waals surface area contributed by atoms with Crippen molar-refractivity contribution in [3.63, 3.8) is 0 Å². The first-order valence-corrected chi connectivity index (χ1v) is 3.80. The molecule has 0 saturated carbocycles. The van der Waals surface area contributed by atoms with E-state index in [1.165, 1.54) is 11.8 Å². The third-order valence-corrected chi connectivity index (χ3v) is 1.59. The topological polar surface area (TPSA) is 92.9 Å². The second-order valence-corrected chi connectivity index (χ2v) is 2.56. The summed E-state index contributed by atoms with van der Waals surface area (Å²) in [5, 5.41) is 7.25. The minimum absolute atomic E-state index is 0.0920.